The Hall–Kier alpha value is -2.28. The van der Waals surface area contributed by atoms with Crippen molar-refractivity contribution in [3.8, 4) is 0 Å². The third kappa shape index (κ3) is 3.10. The van der Waals surface area contributed by atoms with Crippen molar-refractivity contribution >= 4 is 11.8 Å². The monoisotopic (exact) mass is 303 g/mol. The van der Waals surface area contributed by atoms with E-state index in [2.05, 4.69) is 99.8 Å². The number of benzene rings is 2. The second-order valence-electron chi connectivity index (χ2n) is 6.88. The lowest BCUT2D eigenvalue weighted by molar-refractivity contribution is 0.709. The maximum atomic E-state index is 3.70. The molecule has 118 valence electrons. The predicted octanol–water partition coefficient (Wildman–Crippen LogP) is 6.00. The average molecular weight is 303 g/mol. The Kier molecular flexibility index (Phi) is 4.12. The largest absolute Gasteiger partial charge is 0.376 e. The minimum Gasteiger partial charge on any atom is -0.376 e. The van der Waals surface area contributed by atoms with Gasteiger partial charge >= 0.3 is 0 Å². The summed E-state index contributed by atoms with van der Waals surface area (Å²) < 4.78 is 0. The van der Waals surface area contributed by atoms with E-state index in [-0.39, 0.29) is 5.54 Å². The number of hydrogen-bond donors (Lipinski definition) is 1. The molecule has 2 aromatic rings. The number of nitrogens with one attached hydrogen (secondary N) is 1. The standard InChI is InChI=1S/C22H25N/c1-5-14-22(3,4)23-20-13-9-8-12-19(20)21-16(2)15-17-10-6-7-11-18(17)21/h5-15,21,23H,1-4H3. The van der Waals surface area contributed by atoms with Gasteiger partial charge < -0.3 is 5.32 Å². The average Bonchev–Trinajstić information content (AvgIpc) is 2.83. The van der Waals surface area contributed by atoms with Crippen LogP contribution in [0.2, 0.25) is 0 Å². The summed E-state index contributed by atoms with van der Waals surface area (Å²) in [7, 11) is 0. The maximum Gasteiger partial charge on any atom is 0.0499 e. The zero-order chi connectivity index (χ0) is 16.4. The van der Waals surface area contributed by atoms with Gasteiger partial charge in [-0.25, -0.2) is 0 Å². The van der Waals surface area contributed by atoms with Gasteiger partial charge in [0.15, 0.2) is 0 Å². The van der Waals surface area contributed by atoms with Gasteiger partial charge in [0.2, 0.25) is 0 Å². The molecule has 1 unspecified atom stereocenters. The molecule has 0 saturated heterocycles. The topological polar surface area (TPSA) is 12.0 Å². The van der Waals surface area contributed by atoms with Crippen molar-refractivity contribution in [2.75, 3.05) is 5.32 Å². The summed E-state index contributed by atoms with van der Waals surface area (Å²) in [5.74, 6) is 0.344. The molecule has 0 aromatic heterocycles. The van der Waals surface area contributed by atoms with Crippen LogP contribution in [-0.2, 0) is 0 Å². The van der Waals surface area contributed by atoms with Gasteiger partial charge in [0.25, 0.3) is 0 Å². The van der Waals surface area contributed by atoms with Crippen LogP contribution in [-0.4, -0.2) is 5.54 Å². The van der Waals surface area contributed by atoms with E-state index in [0.29, 0.717) is 5.92 Å². The first-order chi connectivity index (χ1) is 11.0. The van der Waals surface area contributed by atoms with Crippen molar-refractivity contribution in [2.24, 2.45) is 0 Å². The number of allylic oxidation sites excluding steroid dienone is 2. The van der Waals surface area contributed by atoms with Crippen molar-refractivity contribution in [3.63, 3.8) is 0 Å². The summed E-state index contributed by atoms with van der Waals surface area (Å²) in [6.07, 6.45) is 6.62. The van der Waals surface area contributed by atoms with Crippen LogP contribution in [0.15, 0.2) is 66.3 Å². The van der Waals surface area contributed by atoms with E-state index < -0.39 is 0 Å². The summed E-state index contributed by atoms with van der Waals surface area (Å²) in [6.45, 7) is 8.71. The van der Waals surface area contributed by atoms with Gasteiger partial charge in [-0.05, 0) is 50.5 Å². The maximum absolute atomic E-state index is 3.70. The number of hydrogen-bond acceptors (Lipinski definition) is 1. The van der Waals surface area contributed by atoms with Crippen LogP contribution in [0.1, 0.15) is 50.3 Å². The molecular formula is C22H25N. The summed E-state index contributed by atoms with van der Waals surface area (Å²) in [5, 5.41) is 3.70. The molecule has 1 aliphatic carbocycles. The molecule has 1 nitrogen and oxygen atoms in total. The third-order valence-electron chi connectivity index (χ3n) is 4.46. The Labute approximate surface area is 139 Å². The van der Waals surface area contributed by atoms with Gasteiger partial charge in [0.05, 0.1) is 0 Å². The molecular weight excluding hydrogens is 278 g/mol. The van der Waals surface area contributed by atoms with Crippen LogP contribution in [0.3, 0.4) is 0 Å². The van der Waals surface area contributed by atoms with Crippen molar-refractivity contribution in [1.82, 2.24) is 0 Å². The molecule has 0 amide bonds. The molecule has 0 saturated carbocycles. The van der Waals surface area contributed by atoms with Crippen LogP contribution in [0.5, 0.6) is 0 Å². The molecule has 1 aliphatic rings. The van der Waals surface area contributed by atoms with Crippen LogP contribution >= 0.6 is 0 Å². The van der Waals surface area contributed by atoms with Gasteiger partial charge in [-0.2, -0.15) is 0 Å². The van der Waals surface area contributed by atoms with Crippen LogP contribution in [0.4, 0.5) is 5.69 Å². The van der Waals surface area contributed by atoms with E-state index in [4.69, 9.17) is 0 Å². The minimum atomic E-state index is -0.0689. The van der Waals surface area contributed by atoms with E-state index >= 15 is 0 Å². The van der Waals surface area contributed by atoms with E-state index in [1.54, 1.807) is 0 Å². The van der Waals surface area contributed by atoms with Crippen molar-refractivity contribution < 1.29 is 0 Å². The quantitative estimate of drug-likeness (QED) is 0.683. The van der Waals surface area contributed by atoms with Crippen molar-refractivity contribution in [1.29, 1.82) is 0 Å². The van der Waals surface area contributed by atoms with E-state index in [1.165, 1.54) is 28.0 Å². The molecule has 0 spiro atoms. The van der Waals surface area contributed by atoms with Gasteiger partial charge in [0.1, 0.15) is 0 Å². The van der Waals surface area contributed by atoms with Gasteiger partial charge in [-0.1, -0.05) is 66.3 Å². The highest BCUT2D eigenvalue weighted by Crippen LogP contribution is 2.43. The molecule has 1 N–H and O–H groups in total. The van der Waals surface area contributed by atoms with Crippen LogP contribution in [0, 0.1) is 0 Å². The lowest BCUT2D eigenvalue weighted by Gasteiger charge is -2.28. The number of anilines is 1. The zero-order valence-electron chi connectivity index (χ0n) is 14.4. The zero-order valence-corrected chi connectivity index (χ0v) is 14.4. The molecule has 3 rings (SSSR count). The fraction of sp³-hybridized carbons (Fsp3) is 0.273. The lowest BCUT2D eigenvalue weighted by Crippen LogP contribution is -2.28. The lowest BCUT2D eigenvalue weighted by atomic mass is 9.87. The highest BCUT2D eigenvalue weighted by molar-refractivity contribution is 5.72. The summed E-state index contributed by atoms with van der Waals surface area (Å²) >= 11 is 0. The molecule has 0 bridgehead atoms. The van der Waals surface area contributed by atoms with Gasteiger partial charge in [-0.15, -0.1) is 0 Å². The van der Waals surface area contributed by atoms with Crippen molar-refractivity contribution in [3.05, 3.63) is 82.9 Å². The fourth-order valence-electron chi connectivity index (χ4n) is 3.56. The summed E-state index contributed by atoms with van der Waals surface area (Å²) in [4.78, 5) is 0. The number of para-hydroxylation sites is 1. The molecule has 1 heteroatoms. The first-order valence-electron chi connectivity index (χ1n) is 8.30. The predicted molar refractivity (Wildman–Crippen MR) is 101 cm³/mol. The fourth-order valence-corrected chi connectivity index (χ4v) is 3.56. The van der Waals surface area contributed by atoms with Crippen molar-refractivity contribution in [2.45, 2.75) is 39.2 Å². The Morgan fingerprint density at radius 3 is 2.35 bits per heavy atom. The summed E-state index contributed by atoms with van der Waals surface area (Å²) in [5.41, 5.74) is 6.65. The molecule has 0 heterocycles. The normalized spacial score (nSPS) is 17.2. The molecule has 23 heavy (non-hydrogen) atoms. The highest BCUT2D eigenvalue weighted by Gasteiger charge is 2.26. The number of fused-ring (bicyclic) bond motifs is 1. The van der Waals surface area contributed by atoms with E-state index in [0.717, 1.165) is 0 Å². The van der Waals surface area contributed by atoms with E-state index in [1.807, 2.05) is 0 Å². The Bertz CT molecular complexity index is 765. The Morgan fingerprint density at radius 1 is 0.957 bits per heavy atom. The van der Waals surface area contributed by atoms with Gasteiger partial charge in [-0.3, -0.25) is 0 Å². The van der Waals surface area contributed by atoms with Crippen LogP contribution in [0.25, 0.3) is 6.08 Å². The second kappa shape index (κ2) is 6.08. The highest BCUT2D eigenvalue weighted by atomic mass is 15.0. The Morgan fingerprint density at radius 2 is 1.61 bits per heavy atom. The molecule has 0 fully saturated rings. The number of rotatable bonds is 4. The minimum absolute atomic E-state index is 0.0689. The molecule has 2 aromatic carbocycles. The van der Waals surface area contributed by atoms with E-state index in [9.17, 15) is 0 Å². The third-order valence-corrected chi connectivity index (χ3v) is 4.46. The van der Waals surface area contributed by atoms with Crippen LogP contribution < -0.4 is 5.32 Å². The Balaban J connectivity index is 2.04. The molecule has 0 aliphatic heterocycles. The SMILES string of the molecule is CC=CC(C)(C)Nc1ccccc1C1C(C)=Cc2ccccc21. The first kappa shape index (κ1) is 15.6. The molecule has 1 atom stereocenters. The second-order valence-corrected chi connectivity index (χ2v) is 6.88. The first-order valence-corrected chi connectivity index (χ1v) is 8.30. The van der Waals surface area contributed by atoms with Gasteiger partial charge in [0, 0.05) is 17.1 Å². The molecule has 0 radical (unpaired) electrons. The smallest absolute Gasteiger partial charge is 0.0499 e. The summed E-state index contributed by atoms with van der Waals surface area (Å²) in [6, 6.07) is 17.4.